The number of anilines is 1. The second kappa shape index (κ2) is 4.20. The van der Waals surface area contributed by atoms with E-state index >= 15 is 0 Å². The van der Waals surface area contributed by atoms with Gasteiger partial charge in [0, 0.05) is 17.3 Å². The van der Waals surface area contributed by atoms with Crippen LogP contribution in [0, 0.1) is 5.82 Å². The van der Waals surface area contributed by atoms with E-state index in [-0.39, 0.29) is 11.3 Å². The Bertz CT molecular complexity index is 826. The lowest BCUT2D eigenvalue weighted by Crippen LogP contribution is -2.12. The zero-order valence-electron chi connectivity index (χ0n) is 9.85. The molecule has 0 aliphatic rings. The fraction of sp³-hybridized carbons (Fsp3) is 0. The van der Waals surface area contributed by atoms with Crippen molar-refractivity contribution < 1.29 is 4.39 Å². The molecule has 0 bridgehead atoms. The molecule has 94 valence electrons. The highest BCUT2D eigenvalue weighted by Gasteiger charge is 2.10. The number of nitrogens with two attached hydrogens (primary N) is 1. The number of H-pyrrole nitrogens is 1. The molecule has 0 radical (unpaired) electrons. The SMILES string of the molecule is Nc1ccccc1-c1nc2cc(F)ccc2[nH]c1=O. The molecule has 2 aromatic carbocycles. The van der Waals surface area contributed by atoms with Crippen LogP contribution in [-0.2, 0) is 0 Å². The molecule has 3 aromatic rings. The van der Waals surface area contributed by atoms with Crippen molar-refractivity contribution in [2.45, 2.75) is 0 Å². The first-order valence-electron chi connectivity index (χ1n) is 5.69. The Morgan fingerprint density at radius 1 is 1.16 bits per heavy atom. The summed E-state index contributed by atoms with van der Waals surface area (Å²) in [5.41, 5.74) is 7.54. The van der Waals surface area contributed by atoms with Crippen molar-refractivity contribution >= 4 is 16.7 Å². The molecule has 0 fully saturated rings. The summed E-state index contributed by atoms with van der Waals surface area (Å²) in [4.78, 5) is 18.9. The van der Waals surface area contributed by atoms with Crippen molar-refractivity contribution in [3.05, 3.63) is 58.6 Å². The van der Waals surface area contributed by atoms with Crippen molar-refractivity contribution in [1.82, 2.24) is 9.97 Å². The van der Waals surface area contributed by atoms with Crippen LogP contribution in [0.25, 0.3) is 22.3 Å². The number of aromatic nitrogens is 2. The van der Waals surface area contributed by atoms with E-state index in [2.05, 4.69) is 9.97 Å². The van der Waals surface area contributed by atoms with Crippen LogP contribution in [0.5, 0.6) is 0 Å². The first-order chi connectivity index (χ1) is 9.15. The molecular formula is C14H10FN3O. The lowest BCUT2D eigenvalue weighted by atomic mass is 10.1. The average molecular weight is 255 g/mol. The smallest absolute Gasteiger partial charge is 0.275 e. The molecule has 1 aromatic heterocycles. The van der Waals surface area contributed by atoms with E-state index in [4.69, 9.17) is 5.73 Å². The quantitative estimate of drug-likeness (QED) is 0.655. The molecule has 0 aliphatic heterocycles. The van der Waals surface area contributed by atoms with Gasteiger partial charge in [-0.25, -0.2) is 9.37 Å². The molecule has 0 aliphatic carbocycles. The van der Waals surface area contributed by atoms with Gasteiger partial charge >= 0.3 is 0 Å². The number of nitrogens with zero attached hydrogens (tertiary/aromatic N) is 1. The van der Waals surface area contributed by atoms with Crippen LogP contribution in [0.4, 0.5) is 10.1 Å². The van der Waals surface area contributed by atoms with Gasteiger partial charge in [-0.15, -0.1) is 0 Å². The number of nitrogens with one attached hydrogen (secondary N) is 1. The first-order valence-corrected chi connectivity index (χ1v) is 5.69. The maximum absolute atomic E-state index is 13.2. The molecule has 1 heterocycles. The Hall–Kier alpha value is -2.69. The normalized spacial score (nSPS) is 10.8. The van der Waals surface area contributed by atoms with Gasteiger partial charge in [0.15, 0.2) is 0 Å². The lowest BCUT2D eigenvalue weighted by molar-refractivity contribution is 0.629. The number of hydrogen-bond donors (Lipinski definition) is 2. The summed E-state index contributed by atoms with van der Waals surface area (Å²) >= 11 is 0. The second-order valence-electron chi connectivity index (χ2n) is 4.16. The Balaban J connectivity index is 2.33. The highest BCUT2D eigenvalue weighted by molar-refractivity contribution is 5.80. The Morgan fingerprint density at radius 3 is 2.74 bits per heavy atom. The summed E-state index contributed by atoms with van der Waals surface area (Å²) in [5.74, 6) is -0.404. The fourth-order valence-corrected chi connectivity index (χ4v) is 1.95. The molecule has 3 N–H and O–H groups in total. The average Bonchev–Trinajstić information content (AvgIpc) is 2.39. The van der Waals surface area contributed by atoms with E-state index < -0.39 is 5.82 Å². The number of hydrogen-bond acceptors (Lipinski definition) is 3. The summed E-state index contributed by atoms with van der Waals surface area (Å²) in [6.45, 7) is 0. The van der Waals surface area contributed by atoms with Gasteiger partial charge in [-0.1, -0.05) is 18.2 Å². The maximum atomic E-state index is 13.2. The third-order valence-electron chi connectivity index (χ3n) is 2.87. The number of aromatic amines is 1. The molecule has 0 amide bonds. The highest BCUT2D eigenvalue weighted by atomic mass is 19.1. The zero-order valence-corrected chi connectivity index (χ0v) is 9.85. The van der Waals surface area contributed by atoms with Crippen LogP contribution in [0.2, 0.25) is 0 Å². The Labute approximate surface area is 107 Å². The number of fused-ring (bicyclic) bond motifs is 1. The van der Waals surface area contributed by atoms with Gasteiger partial charge in [-0.3, -0.25) is 4.79 Å². The first kappa shape index (κ1) is 11.4. The van der Waals surface area contributed by atoms with E-state index in [1.54, 1.807) is 24.3 Å². The van der Waals surface area contributed by atoms with Crippen molar-refractivity contribution in [1.29, 1.82) is 0 Å². The van der Waals surface area contributed by atoms with E-state index in [0.717, 1.165) is 0 Å². The van der Waals surface area contributed by atoms with E-state index in [1.165, 1.54) is 18.2 Å². The van der Waals surface area contributed by atoms with E-state index in [1.807, 2.05) is 0 Å². The van der Waals surface area contributed by atoms with Crippen LogP contribution < -0.4 is 11.3 Å². The zero-order chi connectivity index (χ0) is 13.4. The molecule has 4 nitrogen and oxygen atoms in total. The van der Waals surface area contributed by atoms with Crippen LogP contribution in [0.3, 0.4) is 0 Å². The molecule has 0 saturated carbocycles. The van der Waals surface area contributed by atoms with Gasteiger partial charge in [-0.05, 0) is 18.2 Å². The standard InChI is InChI=1S/C14H10FN3O/c15-8-5-6-11-12(7-8)17-13(14(19)18-11)9-3-1-2-4-10(9)16/h1-7H,16H2,(H,18,19). The van der Waals surface area contributed by atoms with E-state index in [0.29, 0.717) is 22.3 Å². The van der Waals surface area contributed by atoms with Crippen LogP contribution in [0.1, 0.15) is 0 Å². The summed E-state index contributed by atoms with van der Waals surface area (Å²) < 4.78 is 13.2. The fourth-order valence-electron chi connectivity index (χ4n) is 1.95. The molecule has 0 saturated heterocycles. The Kier molecular flexibility index (Phi) is 2.52. The van der Waals surface area contributed by atoms with Crippen molar-refractivity contribution in [3.8, 4) is 11.3 Å². The number of halogens is 1. The van der Waals surface area contributed by atoms with Gasteiger partial charge in [0.2, 0.25) is 0 Å². The largest absolute Gasteiger partial charge is 0.398 e. The van der Waals surface area contributed by atoms with Crippen molar-refractivity contribution in [2.75, 3.05) is 5.73 Å². The predicted octanol–water partition coefficient (Wildman–Crippen LogP) is 2.31. The van der Waals surface area contributed by atoms with Crippen LogP contribution in [0.15, 0.2) is 47.3 Å². The minimum atomic E-state index is -0.404. The van der Waals surface area contributed by atoms with Gasteiger partial charge < -0.3 is 10.7 Å². The second-order valence-corrected chi connectivity index (χ2v) is 4.16. The van der Waals surface area contributed by atoms with Crippen molar-refractivity contribution in [2.24, 2.45) is 0 Å². The third kappa shape index (κ3) is 1.95. The molecule has 0 spiro atoms. The highest BCUT2D eigenvalue weighted by Crippen LogP contribution is 2.22. The summed E-state index contributed by atoms with van der Waals surface area (Å²) in [7, 11) is 0. The molecule has 0 unspecified atom stereocenters. The number of para-hydroxylation sites is 1. The number of benzene rings is 2. The van der Waals surface area contributed by atoms with Crippen LogP contribution >= 0.6 is 0 Å². The predicted molar refractivity (Wildman–Crippen MR) is 72.2 cm³/mol. The minimum Gasteiger partial charge on any atom is -0.398 e. The molecule has 3 rings (SSSR count). The Morgan fingerprint density at radius 2 is 1.95 bits per heavy atom. The molecular weight excluding hydrogens is 245 g/mol. The summed E-state index contributed by atoms with van der Waals surface area (Å²) in [6, 6.07) is 11.0. The molecule has 0 atom stereocenters. The summed E-state index contributed by atoms with van der Waals surface area (Å²) in [5, 5.41) is 0. The number of nitrogen functional groups attached to an aromatic ring is 1. The van der Waals surface area contributed by atoms with Gasteiger partial charge in [0.25, 0.3) is 5.56 Å². The third-order valence-corrected chi connectivity index (χ3v) is 2.87. The van der Waals surface area contributed by atoms with Gasteiger partial charge in [0.05, 0.1) is 11.0 Å². The van der Waals surface area contributed by atoms with Crippen LogP contribution in [-0.4, -0.2) is 9.97 Å². The van der Waals surface area contributed by atoms with E-state index in [9.17, 15) is 9.18 Å². The minimum absolute atomic E-state index is 0.191. The monoisotopic (exact) mass is 255 g/mol. The van der Waals surface area contributed by atoms with Gasteiger partial charge in [-0.2, -0.15) is 0 Å². The molecule has 5 heteroatoms. The van der Waals surface area contributed by atoms with Gasteiger partial charge in [0.1, 0.15) is 11.5 Å². The maximum Gasteiger partial charge on any atom is 0.275 e. The van der Waals surface area contributed by atoms with Crippen molar-refractivity contribution in [3.63, 3.8) is 0 Å². The molecule has 19 heavy (non-hydrogen) atoms. The summed E-state index contributed by atoms with van der Waals surface area (Å²) in [6.07, 6.45) is 0. The lowest BCUT2D eigenvalue weighted by Gasteiger charge is -2.05. The number of rotatable bonds is 1. The topological polar surface area (TPSA) is 71.8 Å².